The quantitative estimate of drug-likeness (QED) is 0.784. The first-order chi connectivity index (χ1) is 8.66. The molecule has 0 aliphatic heterocycles. The lowest BCUT2D eigenvalue weighted by atomic mass is 9.71. The molecule has 2 saturated carbocycles. The zero-order valence-electron chi connectivity index (χ0n) is 11.6. The highest BCUT2D eigenvalue weighted by molar-refractivity contribution is 5.77. The Bertz CT molecular complexity index is 276. The fourth-order valence-corrected chi connectivity index (χ4v) is 3.33. The largest absolute Gasteiger partial charge is 0.465 e. The third kappa shape index (κ3) is 3.05. The number of hydrogen-bond donors (Lipinski definition) is 1. The number of ether oxygens (including phenoxy) is 1. The molecule has 18 heavy (non-hydrogen) atoms. The molecule has 0 aromatic rings. The molecule has 0 radical (unpaired) electrons. The van der Waals surface area contributed by atoms with Gasteiger partial charge >= 0.3 is 5.97 Å². The molecule has 0 atom stereocenters. The average Bonchev–Trinajstić information content (AvgIpc) is 2.90. The number of carbonyl (C=O) groups is 1. The Morgan fingerprint density at radius 2 is 1.83 bits per heavy atom. The highest BCUT2D eigenvalue weighted by Crippen LogP contribution is 2.39. The number of nitrogens with two attached hydrogens (primary N) is 1. The van der Waals surface area contributed by atoms with Crippen molar-refractivity contribution in [3.63, 3.8) is 0 Å². The molecule has 2 fully saturated rings. The van der Waals surface area contributed by atoms with Gasteiger partial charge in [-0.3, -0.25) is 4.79 Å². The maximum atomic E-state index is 12.3. The third-order valence-electron chi connectivity index (χ3n) is 4.98. The van der Waals surface area contributed by atoms with Gasteiger partial charge in [-0.05, 0) is 50.4 Å². The number of rotatable bonds is 4. The van der Waals surface area contributed by atoms with Gasteiger partial charge in [0.05, 0.1) is 12.0 Å². The summed E-state index contributed by atoms with van der Waals surface area (Å²) < 4.78 is 5.58. The minimum Gasteiger partial charge on any atom is -0.465 e. The van der Waals surface area contributed by atoms with Gasteiger partial charge in [0.15, 0.2) is 0 Å². The highest BCUT2D eigenvalue weighted by Gasteiger charge is 2.41. The number of hydrogen-bond acceptors (Lipinski definition) is 3. The third-order valence-corrected chi connectivity index (χ3v) is 4.98. The smallest absolute Gasteiger partial charge is 0.313 e. The van der Waals surface area contributed by atoms with E-state index in [4.69, 9.17) is 10.5 Å². The van der Waals surface area contributed by atoms with Crippen LogP contribution in [-0.4, -0.2) is 19.1 Å². The zero-order chi connectivity index (χ0) is 13.0. The van der Waals surface area contributed by atoms with Gasteiger partial charge < -0.3 is 10.5 Å². The van der Waals surface area contributed by atoms with E-state index >= 15 is 0 Å². The standard InChI is InChI=1S/C15H27NO2/c1-12-6-8-15(11-16,9-7-12)14(17)18-10-13-4-2-3-5-13/h12-13H,2-11,16H2,1H3. The van der Waals surface area contributed by atoms with Crippen molar-refractivity contribution in [2.75, 3.05) is 13.2 Å². The first-order valence-electron chi connectivity index (χ1n) is 7.53. The summed E-state index contributed by atoms with van der Waals surface area (Å²) >= 11 is 0. The van der Waals surface area contributed by atoms with Gasteiger partial charge in [0, 0.05) is 6.54 Å². The lowest BCUT2D eigenvalue weighted by Gasteiger charge is -2.36. The second kappa shape index (κ2) is 6.05. The van der Waals surface area contributed by atoms with E-state index in [1.54, 1.807) is 0 Å². The van der Waals surface area contributed by atoms with E-state index in [9.17, 15) is 4.79 Å². The summed E-state index contributed by atoms with van der Waals surface area (Å²) in [7, 11) is 0. The van der Waals surface area contributed by atoms with Crippen molar-refractivity contribution in [1.29, 1.82) is 0 Å². The molecule has 3 nitrogen and oxygen atoms in total. The molecule has 3 heteroatoms. The predicted octanol–water partition coefficient (Wildman–Crippen LogP) is 2.88. The summed E-state index contributed by atoms with van der Waals surface area (Å²) in [5.74, 6) is 1.31. The van der Waals surface area contributed by atoms with E-state index in [-0.39, 0.29) is 11.4 Å². The lowest BCUT2D eigenvalue weighted by Crippen LogP contribution is -2.43. The molecular weight excluding hydrogens is 226 g/mol. The number of esters is 1. The van der Waals surface area contributed by atoms with Crippen LogP contribution in [-0.2, 0) is 9.53 Å². The molecule has 0 saturated heterocycles. The normalized spacial score (nSPS) is 33.6. The van der Waals surface area contributed by atoms with E-state index in [1.807, 2.05) is 0 Å². The molecular formula is C15H27NO2. The van der Waals surface area contributed by atoms with Gasteiger partial charge in [-0.1, -0.05) is 19.8 Å². The van der Waals surface area contributed by atoms with Crippen LogP contribution in [0.2, 0.25) is 0 Å². The molecule has 0 aromatic heterocycles. The number of carbonyl (C=O) groups excluding carboxylic acids is 1. The van der Waals surface area contributed by atoms with Crippen LogP contribution in [0.3, 0.4) is 0 Å². The van der Waals surface area contributed by atoms with Crippen LogP contribution >= 0.6 is 0 Å². The van der Waals surface area contributed by atoms with Crippen molar-refractivity contribution in [2.45, 2.75) is 58.3 Å². The molecule has 0 amide bonds. The minimum absolute atomic E-state index is 0.0243. The van der Waals surface area contributed by atoms with Crippen molar-refractivity contribution >= 4 is 5.97 Å². The molecule has 2 rings (SSSR count). The van der Waals surface area contributed by atoms with Gasteiger partial charge in [-0.2, -0.15) is 0 Å². The molecule has 0 heterocycles. The summed E-state index contributed by atoms with van der Waals surface area (Å²) in [6, 6.07) is 0. The van der Waals surface area contributed by atoms with E-state index in [1.165, 1.54) is 25.7 Å². The van der Waals surface area contributed by atoms with E-state index in [2.05, 4.69) is 6.92 Å². The van der Waals surface area contributed by atoms with E-state index in [0.29, 0.717) is 19.1 Å². The van der Waals surface area contributed by atoms with Crippen molar-refractivity contribution in [2.24, 2.45) is 23.0 Å². The van der Waals surface area contributed by atoms with Gasteiger partial charge in [-0.15, -0.1) is 0 Å². The maximum Gasteiger partial charge on any atom is 0.313 e. The highest BCUT2D eigenvalue weighted by atomic mass is 16.5. The zero-order valence-corrected chi connectivity index (χ0v) is 11.6. The van der Waals surface area contributed by atoms with Crippen LogP contribution in [0.5, 0.6) is 0 Å². The van der Waals surface area contributed by atoms with E-state index < -0.39 is 0 Å². The van der Waals surface area contributed by atoms with E-state index in [0.717, 1.165) is 31.6 Å². The Labute approximate surface area is 110 Å². The summed E-state index contributed by atoms with van der Waals surface area (Å²) in [6.07, 6.45) is 9.07. The Morgan fingerprint density at radius 3 is 2.39 bits per heavy atom. The Morgan fingerprint density at radius 1 is 1.22 bits per heavy atom. The molecule has 2 aliphatic rings. The van der Waals surface area contributed by atoms with Crippen LogP contribution in [0.15, 0.2) is 0 Å². The monoisotopic (exact) mass is 253 g/mol. The Balaban J connectivity index is 1.84. The predicted molar refractivity (Wildman–Crippen MR) is 72.0 cm³/mol. The van der Waals surface area contributed by atoms with Crippen molar-refractivity contribution < 1.29 is 9.53 Å². The van der Waals surface area contributed by atoms with Crippen LogP contribution in [0.25, 0.3) is 0 Å². The van der Waals surface area contributed by atoms with Gasteiger partial charge in [-0.25, -0.2) is 0 Å². The van der Waals surface area contributed by atoms with Crippen molar-refractivity contribution in [1.82, 2.24) is 0 Å². The molecule has 0 spiro atoms. The van der Waals surface area contributed by atoms with Gasteiger partial charge in [0.1, 0.15) is 0 Å². The summed E-state index contributed by atoms with van der Waals surface area (Å²) in [5.41, 5.74) is 5.50. The fourth-order valence-electron chi connectivity index (χ4n) is 3.33. The molecule has 0 bridgehead atoms. The summed E-state index contributed by atoms with van der Waals surface area (Å²) in [4.78, 5) is 12.3. The Hall–Kier alpha value is -0.570. The van der Waals surface area contributed by atoms with Crippen molar-refractivity contribution in [3.05, 3.63) is 0 Å². The average molecular weight is 253 g/mol. The second-order valence-corrected chi connectivity index (χ2v) is 6.42. The minimum atomic E-state index is -0.370. The molecule has 2 aliphatic carbocycles. The van der Waals surface area contributed by atoms with Gasteiger partial charge in [0.2, 0.25) is 0 Å². The van der Waals surface area contributed by atoms with Crippen LogP contribution in [0, 0.1) is 17.3 Å². The van der Waals surface area contributed by atoms with Gasteiger partial charge in [0.25, 0.3) is 0 Å². The van der Waals surface area contributed by atoms with Crippen LogP contribution in [0.4, 0.5) is 0 Å². The SMILES string of the molecule is CC1CCC(CN)(C(=O)OCC2CCCC2)CC1. The molecule has 0 aromatic carbocycles. The lowest BCUT2D eigenvalue weighted by molar-refractivity contribution is -0.159. The fraction of sp³-hybridized carbons (Fsp3) is 0.933. The van der Waals surface area contributed by atoms with Crippen LogP contribution in [0.1, 0.15) is 58.3 Å². The second-order valence-electron chi connectivity index (χ2n) is 6.42. The molecule has 2 N–H and O–H groups in total. The molecule has 104 valence electrons. The maximum absolute atomic E-state index is 12.3. The topological polar surface area (TPSA) is 52.3 Å². The molecule has 0 unspecified atom stereocenters. The van der Waals surface area contributed by atoms with Crippen molar-refractivity contribution in [3.8, 4) is 0 Å². The summed E-state index contributed by atoms with van der Waals surface area (Å²) in [6.45, 7) is 3.32. The summed E-state index contributed by atoms with van der Waals surface area (Å²) in [5, 5.41) is 0. The van der Waals surface area contributed by atoms with Crippen LogP contribution < -0.4 is 5.73 Å². The first kappa shape index (κ1) is 13.9. The first-order valence-corrected chi connectivity index (χ1v) is 7.53. The Kier molecular flexibility index (Phi) is 4.66.